The zero-order valence-corrected chi connectivity index (χ0v) is 17.3. The van der Waals surface area contributed by atoms with E-state index in [1.807, 2.05) is 18.2 Å². The van der Waals surface area contributed by atoms with Gasteiger partial charge >= 0.3 is 11.6 Å². The van der Waals surface area contributed by atoms with Gasteiger partial charge in [-0.1, -0.05) is 35.0 Å². The molecule has 0 saturated heterocycles. The van der Waals surface area contributed by atoms with Crippen LogP contribution < -0.4 is 15.6 Å². The summed E-state index contributed by atoms with van der Waals surface area (Å²) in [5.41, 5.74) is 2.11. The molecule has 2 N–H and O–H groups in total. The minimum atomic E-state index is -0.575. The van der Waals surface area contributed by atoms with Gasteiger partial charge in [-0.15, -0.1) is 11.3 Å². The number of hydrogen-bond donors (Lipinski definition) is 2. The molecule has 0 fully saturated rings. The molecule has 0 spiro atoms. The summed E-state index contributed by atoms with van der Waals surface area (Å²) >= 11 is 1.42. The second-order valence-corrected chi connectivity index (χ2v) is 8.20. The van der Waals surface area contributed by atoms with Crippen LogP contribution in [0, 0.1) is 0 Å². The minimum absolute atomic E-state index is 0.136. The number of ether oxygens (including phenoxy) is 1. The second kappa shape index (κ2) is 8.66. The number of carbonyl (C=O) groups is 2. The van der Waals surface area contributed by atoms with E-state index < -0.39 is 11.6 Å². The van der Waals surface area contributed by atoms with Crippen molar-refractivity contribution >= 4 is 28.2 Å². The van der Waals surface area contributed by atoms with Gasteiger partial charge in [0.2, 0.25) is 0 Å². The number of anilines is 1. The quantitative estimate of drug-likeness (QED) is 0.463. The Morgan fingerprint density at radius 1 is 1.33 bits per heavy atom. The lowest BCUT2D eigenvalue weighted by molar-refractivity contribution is -0.750. The molecule has 9 heteroatoms. The number of thiophene rings is 1. The van der Waals surface area contributed by atoms with Crippen molar-refractivity contribution < 1.29 is 23.5 Å². The number of rotatable bonds is 6. The molecule has 1 aliphatic rings. The molecule has 1 aliphatic carbocycles. The number of nitrogens with zero attached hydrogens (tertiary/aromatic N) is 1. The molecule has 8 nitrogen and oxygen atoms in total. The van der Waals surface area contributed by atoms with Gasteiger partial charge in [0.25, 0.3) is 18.6 Å². The molecule has 2 heterocycles. The average molecular weight is 428 g/mol. The Morgan fingerprint density at radius 3 is 2.83 bits per heavy atom. The van der Waals surface area contributed by atoms with Gasteiger partial charge in [0.15, 0.2) is 0 Å². The number of H-pyrrole nitrogens is 1. The van der Waals surface area contributed by atoms with E-state index in [2.05, 4.69) is 27.2 Å². The Labute approximate surface area is 176 Å². The minimum Gasteiger partial charge on any atom is -0.462 e. The van der Waals surface area contributed by atoms with Gasteiger partial charge in [0.1, 0.15) is 5.00 Å². The predicted octanol–water partition coefficient (Wildman–Crippen LogP) is 2.40. The van der Waals surface area contributed by atoms with Crippen molar-refractivity contribution in [3.8, 4) is 0 Å². The van der Waals surface area contributed by atoms with Gasteiger partial charge in [-0.05, 0) is 48.5 Å². The van der Waals surface area contributed by atoms with Crippen LogP contribution in [0.1, 0.15) is 45.6 Å². The summed E-state index contributed by atoms with van der Waals surface area (Å²) < 4.78 is 11.1. The summed E-state index contributed by atoms with van der Waals surface area (Å²) in [7, 11) is 0. The van der Waals surface area contributed by atoms with Crippen LogP contribution in [0.25, 0.3) is 0 Å². The number of amides is 1. The monoisotopic (exact) mass is 428 g/mol. The highest BCUT2D eigenvalue weighted by Gasteiger charge is 2.31. The maximum absolute atomic E-state index is 12.7. The molecular formula is C21H22N3O5S+. The largest absolute Gasteiger partial charge is 0.462 e. The topological polar surface area (TPSA) is 105 Å². The molecule has 2 aromatic heterocycles. The summed E-state index contributed by atoms with van der Waals surface area (Å²) in [6, 6.07) is 10.3. The number of fused-ring (bicyclic) bond motifs is 1. The van der Waals surface area contributed by atoms with Gasteiger partial charge in [-0.2, -0.15) is 0 Å². The fourth-order valence-electron chi connectivity index (χ4n) is 3.79. The van der Waals surface area contributed by atoms with E-state index in [0.717, 1.165) is 35.9 Å². The first-order valence-corrected chi connectivity index (χ1v) is 10.6. The lowest BCUT2D eigenvalue weighted by atomic mass is 9.83. The molecule has 1 amide bonds. The fraction of sp³-hybridized carbons (Fsp3) is 0.333. The SMILES string of the molecule is CCOC(=O)c1c(NC(=O)C[n+]2cc(=O)o[nH]2)sc2c1CCC(c1ccccc1)C2. The van der Waals surface area contributed by atoms with E-state index in [9.17, 15) is 14.4 Å². The summed E-state index contributed by atoms with van der Waals surface area (Å²) in [6.07, 6.45) is 3.64. The van der Waals surface area contributed by atoms with Gasteiger partial charge in [-0.3, -0.25) is 9.32 Å². The maximum atomic E-state index is 12.7. The van der Waals surface area contributed by atoms with Gasteiger partial charge in [0, 0.05) is 4.88 Å². The molecule has 4 rings (SSSR count). The van der Waals surface area contributed by atoms with E-state index in [1.165, 1.54) is 21.6 Å². The van der Waals surface area contributed by atoms with Crippen molar-refractivity contribution in [2.45, 2.75) is 38.6 Å². The smallest absolute Gasteiger partial charge is 0.426 e. The molecule has 1 aromatic carbocycles. The molecule has 30 heavy (non-hydrogen) atoms. The third-order valence-electron chi connectivity index (χ3n) is 5.11. The molecule has 156 valence electrons. The highest BCUT2D eigenvalue weighted by Crippen LogP contribution is 2.42. The lowest BCUT2D eigenvalue weighted by Gasteiger charge is -2.23. The third kappa shape index (κ3) is 4.20. The van der Waals surface area contributed by atoms with E-state index in [1.54, 1.807) is 6.92 Å². The summed E-state index contributed by atoms with van der Waals surface area (Å²) in [5.74, 6) is -0.420. The summed E-state index contributed by atoms with van der Waals surface area (Å²) in [5, 5.41) is 5.64. The first kappa shape index (κ1) is 20.1. The number of esters is 1. The molecular weight excluding hydrogens is 406 g/mol. The van der Waals surface area contributed by atoms with Crippen molar-refractivity contribution in [3.05, 3.63) is 68.5 Å². The van der Waals surface area contributed by atoms with Gasteiger partial charge in [0.05, 0.1) is 12.2 Å². The molecule has 0 saturated carbocycles. The number of benzene rings is 1. The Morgan fingerprint density at radius 2 is 2.13 bits per heavy atom. The Bertz CT molecular complexity index is 1120. The van der Waals surface area contributed by atoms with Crippen LogP contribution in [0.2, 0.25) is 0 Å². The maximum Gasteiger partial charge on any atom is 0.426 e. The van der Waals surface area contributed by atoms with Crippen molar-refractivity contribution in [2.24, 2.45) is 0 Å². The Balaban J connectivity index is 1.60. The zero-order valence-electron chi connectivity index (χ0n) is 16.5. The Hall–Kier alpha value is -3.20. The molecule has 0 bridgehead atoms. The Kier molecular flexibility index (Phi) is 5.80. The van der Waals surface area contributed by atoms with Gasteiger partial charge < -0.3 is 10.1 Å². The predicted molar refractivity (Wildman–Crippen MR) is 110 cm³/mol. The van der Waals surface area contributed by atoms with Crippen LogP contribution in [0.15, 0.2) is 45.8 Å². The van der Waals surface area contributed by atoms with Crippen LogP contribution in [0.3, 0.4) is 0 Å². The number of aromatic nitrogens is 2. The molecule has 1 atom stereocenters. The van der Waals surface area contributed by atoms with Crippen LogP contribution in [-0.2, 0) is 28.9 Å². The van der Waals surface area contributed by atoms with Crippen LogP contribution in [0.5, 0.6) is 0 Å². The van der Waals surface area contributed by atoms with E-state index in [4.69, 9.17) is 4.74 Å². The molecule has 0 radical (unpaired) electrons. The average Bonchev–Trinajstić information content (AvgIpc) is 3.30. The fourth-order valence-corrected chi connectivity index (χ4v) is 5.12. The molecule has 3 aromatic rings. The van der Waals surface area contributed by atoms with Gasteiger partial charge in [-0.25, -0.2) is 9.59 Å². The number of nitrogens with one attached hydrogen (secondary N) is 2. The highest BCUT2D eigenvalue weighted by atomic mass is 32.1. The number of carbonyl (C=O) groups excluding carboxylic acids is 2. The zero-order chi connectivity index (χ0) is 21.1. The van der Waals surface area contributed by atoms with Crippen molar-refractivity contribution in [1.82, 2.24) is 5.27 Å². The lowest BCUT2D eigenvalue weighted by Crippen LogP contribution is -2.41. The highest BCUT2D eigenvalue weighted by molar-refractivity contribution is 7.17. The first-order chi connectivity index (χ1) is 14.5. The standard InChI is InChI=1S/C21H21N3O5S/c1-2-28-21(27)19-15-9-8-14(13-6-4-3-5-7-13)10-16(15)30-20(19)22-17(25)11-24-12-18(26)29-23-24/h3-7,12,14H,2,8-11H2,1H3,(H-,22,23,25,26,27)/p+1. The van der Waals surface area contributed by atoms with E-state index in [0.29, 0.717) is 16.5 Å². The first-order valence-electron chi connectivity index (χ1n) is 9.79. The van der Waals surface area contributed by atoms with Crippen LogP contribution in [0.4, 0.5) is 5.00 Å². The number of hydrogen-bond acceptors (Lipinski definition) is 6. The van der Waals surface area contributed by atoms with E-state index >= 15 is 0 Å². The molecule has 0 aliphatic heterocycles. The number of aromatic amines is 1. The van der Waals surface area contributed by atoms with Crippen LogP contribution >= 0.6 is 11.3 Å². The third-order valence-corrected chi connectivity index (χ3v) is 6.28. The summed E-state index contributed by atoms with van der Waals surface area (Å²) in [4.78, 5) is 37.4. The normalized spacial score (nSPS) is 15.4. The van der Waals surface area contributed by atoms with Crippen molar-refractivity contribution in [2.75, 3.05) is 11.9 Å². The van der Waals surface area contributed by atoms with E-state index in [-0.39, 0.29) is 19.1 Å². The van der Waals surface area contributed by atoms with Crippen molar-refractivity contribution in [3.63, 3.8) is 0 Å². The summed E-state index contributed by atoms with van der Waals surface area (Å²) in [6.45, 7) is 1.88. The second-order valence-electron chi connectivity index (χ2n) is 7.10. The van der Waals surface area contributed by atoms with Crippen molar-refractivity contribution in [1.29, 1.82) is 0 Å². The molecule has 1 unspecified atom stereocenters. The van der Waals surface area contributed by atoms with Crippen LogP contribution in [-0.4, -0.2) is 23.8 Å².